The van der Waals surface area contributed by atoms with Crippen LogP contribution in [-0.4, -0.2) is 13.5 Å². The van der Waals surface area contributed by atoms with Crippen LogP contribution in [0.4, 0.5) is 11.4 Å². The molecule has 0 N–H and O–H groups in total. The first-order chi connectivity index (χ1) is 18.7. The average Bonchev–Trinajstić information content (AvgIpc) is 2.90. The molecule has 4 heteroatoms. The van der Waals surface area contributed by atoms with Crippen LogP contribution in [0.5, 0.6) is 11.5 Å². The quantitative estimate of drug-likeness (QED) is 0.274. The van der Waals surface area contributed by atoms with E-state index in [0.717, 1.165) is 24.6 Å². The molecule has 0 fully saturated rings. The minimum absolute atomic E-state index is 0.172. The molecule has 4 aromatic rings. The molecule has 0 amide bonds. The van der Waals surface area contributed by atoms with Crippen molar-refractivity contribution in [1.82, 2.24) is 0 Å². The van der Waals surface area contributed by atoms with E-state index in [1.54, 1.807) is 0 Å². The highest BCUT2D eigenvalue weighted by atomic mass is 16.5. The van der Waals surface area contributed by atoms with Gasteiger partial charge in [0.05, 0.1) is 0 Å². The first-order valence-corrected chi connectivity index (χ1v) is 13.8. The van der Waals surface area contributed by atoms with Gasteiger partial charge in [0.25, 0.3) is 0 Å². The van der Waals surface area contributed by atoms with Gasteiger partial charge in [0, 0.05) is 41.0 Å². The number of hydrogen-bond acceptors (Lipinski definition) is 4. The van der Waals surface area contributed by atoms with Crippen LogP contribution in [0.2, 0.25) is 0 Å². The summed E-state index contributed by atoms with van der Waals surface area (Å²) < 4.78 is 12.4. The summed E-state index contributed by atoms with van der Waals surface area (Å²) in [4.78, 5) is 4.63. The minimum atomic E-state index is -0.172. The van der Waals surface area contributed by atoms with Crippen LogP contribution >= 0.6 is 0 Å². The lowest BCUT2D eigenvalue weighted by Crippen LogP contribution is -2.33. The first kappa shape index (κ1) is 25.4. The Morgan fingerprint density at radius 2 is 0.923 bits per heavy atom. The number of anilines is 2. The van der Waals surface area contributed by atoms with Crippen LogP contribution < -0.4 is 19.3 Å². The van der Waals surface area contributed by atoms with Gasteiger partial charge in [0.2, 0.25) is 0 Å². The highest BCUT2D eigenvalue weighted by Gasteiger charge is 2.28. The highest BCUT2D eigenvalue weighted by molar-refractivity contribution is 5.56. The van der Waals surface area contributed by atoms with Crippen LogP contribution in [0.3, 0.4) is 0 Å². The molecule has 2 heterocycles. The monoisotopic (exact) mass is 518 g/mol. The summed E-state index contributed by atoms with van der Waals surface area (Å²) in [6, 6.07) is 26.8. The standard InChI is InChI=1S/C35H38N2O2/c1-23-11-24(2)14-31(13-23)36-19-27-17-29(7-9-33(27)38-21-36)35(5,6)30-8-10-34-28(18-30)20-37(22-39-34)32-15-25(3)12-26(4)16-32/h7-18H,19-22H2,1-6H3. The molecule has 4 aromatic carbocycles. The molecule has 39 heavy (non-hydrogen) atoms. The van der Waals surface area contributed by atoms with Crippen LogP contribution in [0, 0.1) is 27.7 Å². The molecule has 0 aromatic heterocycles. The van der Waals surface area contributed by atoms with Crippen molar-refractivity contribution < 1.29 is 9.47 Å². The number of benzene rings is 4. The molecule has 2 aliphatic rings. The maximum absolute atomic E-state index is 6.19. The second-order valence-electron chi connectivity index (χ2n) is 11.9. The average molecular weight is 519 g/mol. The Labute approximate surface area is 232 Å². The maximum Gasteiger partial charge on any atom is 0.161 e. The second kappa shape index (κ2) is 9.68. The van der Waals surface area contributed by atoms with Gasteiger partial charge in [0.1, 0.15) is 11.5 Å². The molecule has 6 rings (SSSR count). The Morgan fingerprint density at radius 1 is 0.538 bits per heavy atom. The van der Waals surface area contributed by atoms with Crippen LogP contribution in [0.1, 0.15) is 58.4 Å². The molecule has 2 aliphatic heterocycles. The molecule has 0 saturated heterocycles. The molecule has 200 valence electrons. The largest absolute Gasteiger partial charge is 0.473 e. The smallest absolute Gasteiger partial charge is 0.161 e. The molecule has 0 unspecified atom stereocenters. The highest BCUT2D eigenvalue weighted by Crippen LogP contribution is 2.39. The number of aryl methyl sites for hydroxylation is 4. The molecule has 4 nitrogen and oxygen atoms in total. The van der Waals surface area contributed by atoms with Crippen molar-refractivity contribution in [3.8, 4) is 11.5 Å². The lowest BCUT2D eigenvalue weighted by molar-refractivity contribution is 0.288. The topological polar surface area (TPSA) is 24.9 Å². The fraction of sp³-hybridized carbons (Fsp3) is 0.314. The molecule has 0 aliphatic carbocycles. The third kappa shape index (κ3) is 4.96. The van der Waals surface area contributed by atoms with Gasteiger partial charge in [-0.25, -0.2) is 0 Å². The summed E-state index contributed by atoms with van der Waals surface area (Å²) >= 11 is 0. The van der Waals surface area contributed by atoms with E-state index in [1.165, 1.54) is 55.9 Å². The molecule has 0 bridgehead atoms. The van der Waals surface area contributed by atoms with E-state index in [1.807, 2.05) is 0 Å². The van der Waals surface area contributed by atoms with E-state index >= 15 is 0 Å². The van der Waals surface area contributed by atoms with E-state index in [4.69, 9.17) is 9.47 Å². The van der Waals surface area contributed by atoms with Gasteiger partial charge >= 0.3 is 0 Å². The van der Waals surface area contributed by atoms with Crippen molar-refractivity contribution in [2.45, 2.75) is 60.0 Å². The van der Waals surface area contributed by atoms with E-state index in [-0.39, 0.29) is 5.41 Å². The molecule has 0 atom stereocenters. The Morgan fingerprint density at radius 3 is 1.31 bits per heavy atom. The molecular weight excluding hydrogens is 480 g/mol. The van der Waals surface area contributed by atoms with E-state index in [9.17, 15) is 0 Å². The van der Waals surface area contributed by atoms with Crippen LogP contribution in [-0.2, 0) is 18.5 Å². The van der Waals surface area contributed by atoms with Gasteiger partial charge in [-0.3, -0.25) is 0 Å². The van der Waals surface area contributed by atoms with Gasteiger partial charge in [0.15, 0.2) is 13.5 Å². The van der Waals surface area contributed by atoms with Gasteiger partial charge in [-0.1, -0.05) is 38.1 Å². The Hall–Kier alpha value is -3.92. The van der Waals surface area contributed by atoms with Gasteiger partial charge in [-0.05, 0) is 110 Å². The van der Waals surface area contributed by atoms with Crippen molar-refractivity contribution in [2.75, 3.05) is 23.3 Å². The van der Waals surface area contributed by atoms with Crippen molar-refractivity contribution in [2.24, 2.45) is 0 Å². The van der Waals surface area contributed by atoms with Crippen LogP contribution in [0.25, 0.3) is 0 Å². The van der Waals surface area contributed by atoms with Crippen molar-refractivity contribution >= 4 is 11.4 Å². The van der Waals surface area contributed by atoms with E-state index in [0.29, 0.717) is 13.5 Å². The summed E-state index contributed by atoms with van der Waals surface area (Å²) in [7, 11) is 0. The third-order valence-corrected chi connectivity index (χ3v) is 8.18. The predicted molar refractivity (Wildman–Crippen MR) is 160 cm³/mol. The Bertz CT molecular complexity index is 1400. The zero-order valence-corrected chi connectivity index (χ0v) is 24.0. The van der Waals surface area contributed by atoms with Crippen molar-refractivity contribution in [1.29, 1.82) is 0 Å². The summed E-state index contributed by atoms with van der Waals surface area (Å²) in [5, 5.41) is 0. The fourth-order valence-electron chi connectivity index (χ4n) is 6.03. The molecule has 0 spiro atoms. The molecule has 0 radical (unpaired) electrons. The fourth-order valence-corrected chi connectivity index (χ4v) is 6.03. The van der Waals surface area contributed by atoms with Gasteiger partial charge < -0.3 is 19.3 Å². The minimum Gasteiger partial charge on any atom is -0.473 e. The van der Waals surface area contributed by atoms with Crippen molar-refractivity contribution in [3.05, 3.63) is 117 Å². The van der Waals surface area contributed by atoms with E-state index in [2.05, 4.69) is 124 Å². The second-order valence-corrected chi connectivity index (χ2v) is 11.9. The maximum atomic E-state index is 6.19. The number of ether oxygens (including phenoxy) is 2. The number of rotatable bonds is 4. The van der Waals surface area contributed by atoms with Gasteiger partial charge in [-0.2, -0.15) is 0 Å². The molecular formula is C35H38N2O2. The van der Waals surface area contributed by atoms with Gasteiger partial charge in [-0.15, -0.1) is 0 Å². The zero-order chi connectivity index (χ0) is 27.3. The van der Waals surface area contributed by atoms with E-state index < -0.39 is 0 Å². The lowest BCUT2D eigenvalue weighted by atomic mass is 9.77. The Kier molecular flexibility index (Phi) is 6.29. The summed E-state index contributed by atoms with van der Waals surface area (Å²) in [6.07, 6.45) is 0. The third-order valence-electron chi connectivity index (χ3n) is 8.18. The molecule has 0 saturated carbocycles. The van der Waals surface area contributed by atoms with Crippen molar-refractivity contribution in [3.63, 3.8) is 0 Å². The van der Waals surface area contributed by atoms with Crippen LogP contribution in [0.15, 0.2) is 72.8 Å². The lowest BCUT2D eigenvalue weighted by Gasteiger charge is -2.34. The SMILES string of the molecule is Cc1cc(C)cc(N2COc3ccc(C(C)(C)c4ccc5c(c4)CN(c4cc(C)cc(C)c4)CO5)cc3C2)c1. The first-order valence-electron chi connectivity index (χ1n) is 13.8. The number of fused-ring (bicyclic) bond motifs is 2. The summed E-state index contributed by atoms with van der Waals surface area (Å²) in [5.74, 6) is 1.97. The zero-order valence-electron chi connectivity index (χ0n) is 24.0. The summed E-state index contributed by atoms with van der Waals surface area (Å²) in [5.41, 5.74) is 12.4. The Balaban J connectivity index is 1.27. The number of nitrogens with zero attached hydrogens (tertiary/aromatic N) is 2. The normalized spacial score (nSPS) is 14.8. The number of hydrogen-bond donors (Lipinski definition) is 0. The summed E-state index contributed by atoms with van der Waals surface area (Å²) in [6.45, 7) is 16.1. The predicted octanol–water partition coefficient (Wildman–Crippen LogP) is 7.96.